The lowest BCUT2D eigenvalue weighted by Crippen LogP contribution is -2.34. The lowest BCUT2D eigenvalue weighted by atomic mass is 10.0. The van der Waals surface area contributed by atoms with Crippen LogP contribution in [0.4, 0.5) is 8.78 Å². The topological polar surface area (TPSA) is 38.3 Å². The molecule has 112 valence electrons. The van der Waals surface area contributed by atoms with E-state index < -0.39 is 11.6 Å². The first-order chi connectivity index (χ1) is 9.56. The van der Waals surface area contributed by atoms with E-state index >= 15 is 0 Å². The number of hydrogen-bond donors (Lipinski definition) is 1. The molecule has 5 heteroatoms. The summed E-state index contributed by atoms with van der Waals surface area (Å²) in [6, 6.07) is 3.09. The van der Waals surface area contributed by atoms with Crippen molar-refractivity contribution in [2.75, 3.05) is 13.2 Å². The van der Waals surface area contributed by atoms with E-state index in [-0.39, 0.29) is 30.4 Å². The summed E-state index contributed by atoms with van der Waals surface area (Å²) in [6.07, 6.45) is 1.29. The Morgan fingerprint density at radius 3 is 2.75 bits per heavy atom. The molecule has 1 rings (SSSR count). The fourth-order valence-corrected chi connectivity index (χ4v) is 1.95. The van der Waals surface area contributed by atoms with Crippen molar-refractivity contribution < 1.29 is 18.3 Å². The zero-order valence-corrected chi connectivity index (χ0v) is 11.9. The summed E-state index contributed by atoms with van der Waals surface area (Å²) in [4.78, 5) is 11.5. The smallest absolute Gasteiger partial charge is 0.307 e. The number of halogens is 2. The van der Waals surface area contributed by atoms with Gasteiger partial charge in [0, 0.05) is 6.04 Å². The molecule has 0 saturated carbocycles. The van der Waals surface area contributed by atoms with E-state index in [9.17, 15) is 13.6 Å². The molecule has 1 aromatic carbocycles. The molecule has 0 saturated heterocycles. The standard InChI is InChI=1S/C15H21F2NO2/c1-3-7-18-13(10-15(19)20-4-2)9-11-8-12(16)5-6-14(11)17/h5-6,8,13,18H,3-4,7,9-10H2,1-2H3. The van der Waals surface area contributed by atoms with E-state index in [1.54, 1.807) is 6.92 Å². The number of carbonyl (C=O) groups is 1. The summed E-state index contributed by atoms with van der Waals surface area (Å²) in [5, 5.41) is 3.16. The van der Waals surface area contributed by atoms with Crippen molar-refractivity contribution in [1.82, 2.24) is 5.32 Å². The van der Waals surface area contributed by atoms with Gasteiger partial charge in [0.2, 0.25) is 0 Å². The third kappa shape index (κ3) is 5.65. The highest BCUT2D eigenvalue weighted by molar-refractivity contribution is 5.70. The van der Waals surface area contributed by atoms with Gasteiger partial charge in [0.25, 0.3) is 0 Å². The summed E-state index contributed by atoms with van der Waals surface area (Å²) in [7, 11) is 0. The number of rotatable bonds is 8. The van der Waals surface area contributed by atoms with Crippen LogP contribution in [0.1, 0.15) is 32.3 Å². The third-order valence-corrected chi connectivity index (χ3v) is 2.88. The third-order valence-electron chi connectivity index (χ3n) is 2.88. The minimum absolute atomic E-state index is 0.143. The van der Waals surface area contributed by atoms with E-state index in [0.717, 1.165) is 18.6 Å². The minimum atomic E-state index is -0.480. The van der Waals surface area contributed by atoms with Crippen LogP contribution in [0.15, 0.2) is 18.2 Å². The molecule has 0 radical (unpaired) electrons. The summed E-state index contributed by atoms with van der Waals surface area (Å²) in [5.74, 6) is -1.27. The van der Waals surface area contributed by atoms with E-state index in [1.807, 2.05) is 6.92 Å². The van der Waals surface area contributed by atoms with Crippen molar-refractivity contribution in [2.24, 2.45) is 0 Å². The van der Waals surface area contributed by atoms with Gasteiger partial charge in [-0.25, -0.2) is 8.78 Å². The van der Waals surface area contributed by atoms with Crippen LogP contribution >= 0.6 is 0 Å². The van der Waals surface area contributed by atoms with E-state index in [2.05, 4.69) is 5.32 Å². The molecule has 0 amide bonds. The monoisotopic (exact) mass is 285 g/mol. The first-order valence-electron chi connectivity index (χ1n) is 6.89. The second-order valence-electron chi connectivity index (χ2n) is 4.60. The van der Waals surface area contributed by atoms with Crippen LogP contribution in [0.5, 0.6) is 0 Å². The average molecular weight is 285 g/mol. The highest BCUT2D eigenvalue weighted by Gasteiger charge is 2.17. The molecule has 0 bridgehead atoms. The Morgan fingerprint density at radius 1 is 1.35 bits per heavy atom. The summed E-state index contributed by atoms with van der Waals surface area (Å²) in [6.45, 7) is 4.75. The van der Waals surface area contributed by atoms with Gasteiger partial charge in [0.15, 0.2) is 0 Å². The van der Waals surface area contributed by atoms with Gasteiger partial charge < -0.3 is 10.1 Å². The molecular formula is C15H21F2NO2. The molecule has 1 aromatic rings. The Balaban J connectivity index is 2.72. The number of carbonyl (C=O) groups excluding carboxylic acids is 1. The number of hydrogen-bond acceptors (Lipinski definition) is 3. The summed E-state index contributed by atoms with van der Waals surface area (Å²) < 4.78 is 31.7. The number of ether oxygens (including phenoxy) is 1. The maximum atomic E-state index is 13.6. The first kappa shape index (κ1) is 16.6. The summed E-state index contributed by atoms with van der Waals surface area (Å²) in [5.41, 5.74) is 0.267. The number of benzene rings is 1. The summed E-state index contributed by atoms with van der Waals surface area (Å²) >= 11 is 0. The van der Waals surface area contributed by atoms with Crippen molar-refractivity contribution in [2.45, 2.75) is 39.2 Å². The van der Waals surface area contributed by atoms with E-state index in [4.69, 9.17) is 4.74 Å². The molecule has 0 spiro atoms. The van der Waals surface area contributed by atoms with Crippen molar-refractivity contribution in [1.29, 1.82) is 0 Å². The Kier molecular flexibility index (Phi) is 7.15. The SMILES string of the molecule is CCCNC(CC(=O)OCC)Cc1cc(F)ccc1F. The van der Waals surface area contributed by atoms with Crippen LogP contribution in [-0.4, -0.2) is 25.2 Å². The molecular weight excluding hydrogens is 264 g/mol. The first-order valence-corrected chi connectivity index (χ1v) is 6.89. The second kappa shape index (κ2) is 8.64. The van der Waals surface area contributed by atoms with Crippen LogP contribution in [0.3, 0.4) is 0 Å². The van der Waals surface area contributed by atoms with Crippen LogP contribution < -0.4 is 5.32 Å². The lowest BCUT2D eigenvalue weighted by Gasteiger charge is -2.18. The normalized spacial score (nSPS) is 12.2. The predicted molar refractivity (Wildman–Crippen MR) is 73.4 cm³/mol. The molecule has 0 aliphatic carbocycles. The molecule has 3 nitrogen and oxygen atoms in total. The van der Waals surface area contributed by atoms with Gasteiger partial charge in [0.05, 0.1) is 13.0 Å². The fraction of sp³-hybridized carbons (Fsp3) is 0.533. The van der Waals surface area contributed by atoms with Crippen molar-refractivity contribution in [3.05, 3.63) is 35.4 Å². The van der Waals surface area contributed by atoms with Gasteiger partial charge in [-0.15, -0.1) is 0 Å². The molecule has 0 aliphatic heterocycles. The zero-order valence-electron chi connectivity index (χ0n) is 11.9. The number of esters is 1. The van der Waals surface area contributed by atoms with Crippen LogP contribution in [0, 0.1) is 11.6 Å². The van der Waals surface area contributed by atoms with Crippen LogP contribution in [0.2, 0.25) is 0 Å². The molecule has 0 fully saturated rings. The quantitative estimate of drug-likeness (QED) is 0.746. The molecule has 1 atom stereocenters. The largest absolute Gasteiger partial charge is 0.466 e. The molecule has 0 aliphatic rings. The maximum Gasteiger partial charge on any atom is 0.307 e. The zero-order chi connectivity index (χ0) is 15.0. The van der Waals surface area contributed by atoms with Gasteiger partial charge in [-0.05, 0) is 50.1 Å². The highest BCUT2D eigenvalue weighted by atomic mass is 19.1. The Hall–Kier alpha value is -1.49. The van der Waals surface area contributed by atoms with Gasteiger partial charge in [-0.2, -0.15) is 0 Å². The maximum absolute atomic E-state index is 13.6. The molecule has 20 heavy (non-hydrogen) atoms. The molecule has 0 aromatic heterocycles. The molecule has 1 N–H and O–H groups in total. The van der Waals surface area contributed by atoms with Crippen LogP contribution in [0.25, 0.3) is 0 Å². The van der Waals surface area contributed by atoms with Gasteiger partial charge >= 0.3 is 5.97 Å². The fourth-order valence-electron chi connectivity index (χ4n) is 1.95. The average Bonchev–Trinajstić information content (AvgIpc) is 2.40. The Morgan fingerprint density at radius 2 is 2.10 bits per heavy atom. The van der Waals surface area contributed by atoms with Crippen LogP contribution in [-0.2, 0) is 16.0 Å². The van der Waals surface area contributed by atoms with Crippen molar-refractivity contribution in [3.8, 4) is 0 Å². The Labute approximate surface area is 118 Å². The van der Waals surface area contributed by atoms with Gasteiger partial charge in [0.1, 0.15) is 11.6 Å². The number of nitrogens with one attached hydrogen (secondary N) is 1. The van der Waals surface area contributed by atoms with Gasteiger partial charge in [-0.3, -0.25) is 4.79 Å². The van der Waals surface area contributed by atoms with E-state index in [0.29, 0.717) is 13.2 Å². The Bertz CT molecular complexity index is 438. The molecule has 0 heterocycles. The van der Waals surface area contributed by atoms with Crippen molar-refractivity contribution in [3.63, 3.8) is 0 Å². The minimum Gasteiger partial charge on any atom is -0.466 e. The second-order valence-corrected chi connectivity index (χ2v) is 4.60. The predicted octanol–water partition coefficient (Wildman–Crippen LogP) is 2.83. The van der Waals surface area contributed by atoms with Gasteiger partial charge in [-0.1, -0.05) is 6.92 Å². The van der Waals surface area contributed by atoms with Crippen molar-refractivity contribution >= 4 is 5.97 Å². The van der Waals surface area contributed by atoms with E-state index in [1.165, 1.54) is 6.07 Å². The lowest BCUT2D eigenvalue weighted by molar-refractivity contribution is -0.143. The highest BCUT2D eigenvalue weighted by Crippen LogP contribution is 2.13. The molecule has 1 unspecified atom stereocenters.